The number of aromatic carboxylic acids is 2. The van der Waals surface area contributed by atoms with E-state index in [0.29, 0.717) is 39.1 Å². The van der Waals surface area contributed by atoms with Crippen LogP contribution in [0.15, 0.2) is 60.7 Å². The molecule has 4 aromatic carbocycles. The Labute approximate surface area is 200 Å². The summed E-state index contributed by atoms with van der Waals surface area (Å²) in [6.07, 6.45) is 0.982. The van der Waals surface area contributed by atoms with Crippen molar-refractivity contribution in [1.82, 2.24) is 0 Å². The highest BCUT2D eigenvalue weighted by Gasteiger charge is 2.22. The first-order chi connectivity index (χ1) is 16.6. The third-order valence-electron chi connectivity index (χ3n) is 5.53. The van der Waals surface area contributed by atoms with E-state index < -0.39 is 29.4 Å². The second-order valence-corrected chi connectivity index (χ2v) is 7.88. The molecule has 0 aliphatic rings. The van der Waals surface area contributed by atoms with Crippen LogP contribution in [0, 0.1) is 0 Å². The van der Waals surface area contributed by atoms with Crippen LogP contribution in [0.4, 0.5) is 0 Å². The van der Waals surface area contributed by atoms with Crippen molar-refractivity contribution >= 4 is 39.5 Å². The Morgan fingerprint density at radius 2 is 1.09 bits per heavy atom. The van der Waals surface area contributed by atoms with Gasteiger partial charge in [0.05, 0.1) is 0 Å². The number of phenols is 2. The van der Waals surface area contributed by atoms with Crippen LogP contribution in [0.2, 0.25) is 0 Å². The number of fused-ring (bicyclic) bond motifs is 2. The molecule has 0 amide bonds. The fourth-order valence-corrected chi connectivity index (χ4v) is 3.90. The van der Waals surface area contributed by atoms with Gasteiger partial charge >= 0.3 is 17.9 Å². The predicted molar refractivity (Wildman–Crippen MR) is 130 cm³/mol. The minimum absolute atomic E-state index is 0.0407. The maximum absolute atomic E-state index is 11.6. The highest BCUT2D eigenvalue weighted by atomic mass is 16.4. The van der Waals surface area contributed by atoms with Crippen molar-refractivity contribution in [2.24, 2.45) is 0 Å². The first-order valence-electron chi connectivity index (χ1n) is 10.8. The van der Waals surface area contributed by atoms with Crippen molar-refractivity contribution in [2.45, 2.75) is 26.2 Å². The van der Waals surface area contributed by atoms with Gasteiger partial charge in [0.25, 0.3) is 0 Å². The summed E-state index contributed by atoms with van der Waals surface area (Å²) in [5.41, 5.74) is 0.112. The largest absolute Gasteiger partial charge is 0.507 e. The van der Waals surface area contributed by atoms with Crippen LogP contribution < -0.4 is 0 Å². The molecule has 0 heterocycles. The first kappa shape index (κ1) is 25.0. The molecule has 4 aromatic rings. The normalized spacial score (nSPS) is 10.5. The van der Waals surface area contributed by atoms with Crippen LogP contribution in [0.5, 0.6) is 11.5 Å². The molecular formula is C27H24O8. The molecule has 8 heteroatoms. The predicted octanol–water partition coefficient (Wildman–Crippen LogP) is 5.26. The second kappa shape index (κ2) is 10.6. The lowest BCUT2D eigenvalue weighted by atomic mass is 9.90. The molecule has 0 radical (unpaired) electrons. The summed E-state index contributed by atoms with van der Waals surface area (Å²) >= 11 is 0. The molecule has 0 atom stereocenters. The monoisotopic (exact) mass is 476 g/mol. The Morgan fingerprint density at radius 1 is 0.686 bits per heavy atom. The van der Waals surface area contributed by atoms with Gasteiger partial charge < -0.3 is 25.5 Å². The Kier molecular flexibility index (Phi) is 7.56. The van der Waals surface area contributed by atoms with Gasteiger partial charge in [0, 0.05) is 24.0 Å². The molecule has 0 spiro atoms. The van der Waals surface area contributed by atoms with Crippen LogP contribution in [0.25, 0.3) is 21.5 Å². The number of hydrogen-bond donors (Lipinski definition) is 5. The average Bonchev–Trinajstić information content (AvgIpc) is 2.81. The summed E-state index contributed by atoms with van der Waals surface area (Å²) < 4.78 is 0. The zero-order valence-electron chi connectivity index (χ0n) is 18.9. The van der Waals surface area contributed by atoms with E-state index >= 15 is 0 Å². The van der Waals surface area contributed by atoms with Crippen molar-refractivity contribution in [3.63, 3.8) is 0 Å². The van der Waals surface area contributed by atoms with Gasteiger partial charge in [-0.05, 0) is 40.1 Å². The summed E-state index contributed by atoms with van der Waals surface area (Å²) in [5.74, 6) is -4.07. The fraction of sp³-hybridized carbons (Fsp3) is 0.148. The fourth-order valence-electron chi connectivity index (χ4n) is 3.90. The quantitative estimate of drug-likeness (QED) is 0.253. The Morgan fingerprint density at radius 3 is 1.40 bits per heavy atom. The zero-order valence-corrected chi connectivity index (χ0v) is 18.9. The first-order valence-corrected chi connectivity index (χ1v) is 10.8. The lowest BCUT2D eigenvalue weighted by Crippen LogP contribution is -2.04. The summed E-state index contributed by atoms with van der Waals surface area (Å²) in [5, 5.41) is 50.7. The van der Waals surface area contributed by atoms with Crippen molar-refractivity contribution in [1.29, 1.82) is 0 Å². The SMILES string of the molecule is CCCC(=O)O.O=C(O)c1cc2ccccc2c(Cc2c(O)c(C(=O)O)cc3ccccc23)c1O. The Balaban J connectivity index is 0.000000509. The van der Waals surface area contributed by atoms with Gasteiger partial charge in [-0.2, -0.15) is 0 Å². The number of carbonyl (C=O) groups is 3. The lowest BCUT2D eigenvalue weighted by Gasteiger charge is -2.16. The van der Waals surface area contributed by atoms with Crippen molar-refractivity contribution in [3.05, 3.63) is 82.9 Å². The van der Waals surface area contributed by atoms with E-state index in [9.17, 15) is 34.8 Å². The maximum Gasteiger partial charge on any atom is 0.339 e. The zero-order chi connectivity index (χ0) is 25.7. The molecule has 0 unspecified atom stereocenters. The molecule has 0 saturated heterocycles. The van der Waals surface area contributed by atoms with E-state index in [2.05, 4.69) is 0 Å². The maximum atomic E-state index is 11.6. The molecule has 0 fully saturated rings. The summed E-state index contributed by atoms with van der Waals surface area (Å²) in [6.45, 7) is 1.84. The third-order valence-corrected chi connectivity index (χ3v) is 5.53. The topological polar surface area (TPSA) is 152 Å². The minimum Gasteiger partial charge on any atom is -0.507 e. The van der Waals surface area contributed by atoms with Crippen LogP contribution in [-0.2, 0) is 11.2 Å². The van der Waals surface area contributed by atoms with E-state index in [1.54, 1.807) is 48.5 Å². The van der Waals surface area contributed by atoms with Crippen LogP contribution >= 0.6 is 0 Å². The number of rotatable bonds is 6. The van der Waals surface area contributed by atoms with Crippen LogP contribution in [-0.4, -0.2) is 43.4 Å². The highest BCUT2D eigenvalue weighted by molar-refractivity contribution is 6.02. The molecule has 0 aliphatic heterocycles. The van der Waals surface area contributed by atoms with E-state index in [0.717, 1.165) is 6.42 Å². The molecule has 35 heavy (non-hydrogen) atoms. The number of aromatic hydroxyl groups is 2. The van der Waals surface area contributed by atoms with Gasteiger partial charge in [0.1, 0.15) is 22.6 Å². The molecule has 180 valence electrons. The van der Waals surface area contributed by atoms with Crippen molar-refractivity contribution in [3.8, 4) is 11.5 Å². The number of carboxylic acid groups (broad SMARTS) is 3. The lowest BCUT2D eigenvalue weighted by molar-refractivity contribution is -0.137. The molecule has 0 bridgehead atoms. The molecular weight excluding hydrogens is 452 g/mol. The molecule has 0 saturated carbocycles. The summed E-state index contributed by atoms with van der Waals surface area (Å²) in [7, 11) is 0. The standard InChI is InChI=1S/C23H16O6.C4H8O2/c24-20-16(14-7-3-1-5-12(14)9-18(20)22(26)27)11-17-15-8-4-2-6-13(15)10-19(21(17)25)23(28)29;1-2-3-4(5)6/h1-10,24-25H,11H2,(H,26,27)(H,28,29);2-3H2,1H3,(H,5,6). The van der Waals surface area contributed by atoms with Gasteiger partial charge in [-0.25, -0.2) is 9.59 Å². The number of benzene rings is 4. The number of aliphatic carboxylic acids is 1. The average molecular weight is 476 g/mol. The van der Waals surface area contributed by atoms with E-state index in [4.69, 9.17) is 5.11 Å². The smallest absolute Gasteiger partial charge is 0.339 e. The minimum atomic E-state index is -1.28. The van der Waals surface area contributed by atoms with Crippen LogP contribution in [0.3, 0.4) is 0 Å². The van der Waals surface area contributed by atoms with Gasteiger partial charge in [-0.15, -0.1) is 0 Å². The number of hydrogen-bond acceptors (Lipinski definition) is 5. The van der Waals surface area contributed by atoms with Crippen molar-refractivity contribution in [2.75, 3.05) is 0 Å². The molecule has 8 nitrogen and oxygen atoms in total. The van der Waals surface area contributed by atoms with E-state index in [1.165, 1.54) is 12.1 Å². The molecule has 4 rings (SSSR count). The van der Waals surface area contributed by atoms with Gasteiger partial charge in [-0.1, -0.05) is 55.5 Å². The van der Waals surface area contributed by atoms with Gasteiger partial charge in [-0.3, -0.25) is 4.79 Å². The Bertz CT molecular complexity index is 1340. The third kappa shape index (κ3) is 5.33. The van der Waals surface area contributed by atoms with Crippen LogP contribution in [0.1, 0.15) is 51.6 Å². The van der Waals surface area contributed by atoms with E-state index in [-0.39, 0.29) is 17.5 Å². The number of carboxylic acids is 3. The van der Waals surface area contributed by atoms with Gasteiger partial charge in [0.15, 0.2) is 0 Å². The van der Waals surface area contributed by atoms with E-state index in [1.807, 2.05) is 6.92 Å². The molecule has 0 aromatic heterocycles. The highest BCUT2D eigenvalue weighted by Crippen LogP contribution is 2.38. The molecule has 0 aliphatic carbocycles. The van der Waals surface area contributed by atoms with Crippen molar-refractivity contribution < 1.29 is 39.9 Å². The molecule has 5 N–H and O–H groups in total. The summed E-state index contributed by atoms with van der Waals surface area (Å²) in [4.78, 5) is 32.8. The summed E-state index contributed by atoms with van der Waals surface area (Å²) in [6, 6.07) is 16.8. The second-order valence-electron chi connectivity index (χ2n) is 7.88. The Hall–Kier alpha value is -4.59. The van der Waals surface area contributed by atoms with Gasteiger partial charge in [0.2, 0.25) is 0 Å².